The van der Waals surface area contributed by atoms with E-state index >= 15 is 0 Å². The lowest BCUT2D eigenvalue weighted by molar-refractivity contribution is -0.139. The Morgan fingerprint density at radius 1 is 0.683 bits per heavy atom. The molecule has 6 atom stereocenters. The zero-order valence-electron chi connectivity index (χ0n) is 35.0. The number of amides is 4. The molecule has 2 aliphatic heterocycles. The number of ether oxygens (including phenoxy) is 2. The topological polar surface area (TPSA) is 175 Å². The van der Waals surface area contributed by atoms with Crippen LogP contribution in [0.15, 0.2) is 73.1 Å². The highest BCUT2D eigenvalue weighted by molar-refractivity contribution is 5.91. The van der Waals surface area contributed by atoms with Crippen molar-refractivity contribution in [2.45, 2.75) is 90.0 Å². The number of nitrogens with one attached hydrogen (secondary N) is 4. The summed E-state index contributed by atoms with van der Waals surface area (Å²) in [6.45, 7) is 8.27. The number of hydrogen-bond acceptors (Lipinski definition) is 8. The van der Waals surface area contributed by atoms with E-state index < -0.39 is 24.3 Å². The largest absolute Gasteiger partial charge is 0.453 e. The zero-order valence-corrected chi connectivity index (χ0v) is 35.0. The predicted molar refractivity (Wildman–Crippen MR) is 227 cm³/mol. The third kappa shape index (κ3) is 7.82. The first-order valence-corrected chi connectivity index (χ1v) is 21.0. The number of imidazole rings is 2. The van der Waals surface area contributed by atoms with Crippen molar-refractivity contribution >= 4 is 34.8 Å². The van der Waals surface area contributed by atoms with E-state index in [9.17, 15) is 19.2 Å². The van der Waals surface area contributed by atoms with Crippen molar-refractivity contribution in [2.24, 2.45) is 17.8 Å². The van der Waals surface area contributed by atoms with Crippen LogP contribution in [0.5, 0.6) is 0 Å². The van der Waals surface area contributed by atoms with Crippen molar-refractivity contribution in [2.75, 3.05) is 20.8 Å². The average Bonchev–Trinajstić information content (AvgIpc) is 4.12. The van der Waals surface area contributed by atoms with Crippen LogP contribution in [0.2, 0.25) is 0 Å². The zero-order chi connectivity index (χ0) is 42.2. The third-order valence-corrected chi connectivity index (χ3v) is 12.6. The van der Waals surface area contributed by atoms with Gasteiger partial charge < -0.3 is 39.9 Å². The van der Waals surface area contributed by atoms with Gasteiger partial charge in [0.2, 0.25) is 11.8 Å². The molecule has 2 saturated heterocycles. The summed E-state index contributed by atoms with van der Waals surface area (Å²) in [4.78, 5) is 72.0. The van der Waals surface area contributed by atoms with Crippen molar-refractivity contribution in [1.29, 1.82) is 0 Å². The van der Waals surface area contributed by atoms with Gasteiger partial charge in [0.1, 0.15) is 23.7 Å². The van der Waals surface area contributed by atoms with Crippen molar-refractivity contribution < 1.29 is 28.7 Å². The predicted octanol–water partition coefficient (Wildman–Crippen LogP) is 7.76. The van der Waals surface area contributed by atoms with Gasteiger partial charge in [-0.1, -0.05) is 76.2 Å². The maximum atomic E-state index is 13.9. The number of methoxy groups -OCH3 is 2. The van der Waals surface area contributed by atoms with E-state index in [4.69, 9.17) is 19.4 Å². The Bertz CT molecular complexity index is 2390. The number of carbonyl (C=O) groups is 4. The quantitative estimate of drug-likeness (QED) is 0.105. The van der Waals surface area contributed by atoms with Gasteiger partial charge in [-0.25, -0.2) is 19.6 Å². The molecule has 1 saturated carbocycles. The highest BCUT2D eigenvalue weighted by Gasteiger charge is 2.51. The van der Waals surface area contributed by atoms with E-state index in [0.717, 1.165) is 88.2 Å². The number of rotatable bonds is 11. The van der Waals surface area contributed by atoms with E-state index in [1.807, 2.05) is 49.9 Å². The SMILES string of the molecule is COC(=O)N[C@H](C(=O)N1CCC[C@H]1c1ncc(-c2ccc3cc(-c4ccc(-c5cnc([C@@H]6[C@@H]7CC[C@H](C7)N6C(=O)[C@@H](NC(=O)OC)C(C)C)[nH]5)cc4)ccc3c2)[nH]1)C(C)C. The summed E-state index contributed by atoms with van der Waals surface area (Å²) in [5, 5.41) is 7.66. The number of aromatic nitrogens is 4. The summed E-state index contributed by atoms with van der Waals surface area (Å²) in [6.07, 6.45) is 7.00. The molecule has 3 aliphatic rings. The first kappa shape index (κ1) is 40.6. The summed E-state index contributed by atoms with van der Waals surface area (Å²) >= 11 is 0. The normalized spacial score (nSPS) is 20.8. The van der Waals surface area contributed by atoms with Crippen molar-refractivity contribution in [3.63, 3.8) is 0 Å². The number of benzene rings is 3. The van der Waals surface area contributed by atoms with Gasteiger partial charge in [-0.15, -0.1) is 0 Å². The van der Waals surface area contributed by atoms with Crippen LogP contribution >= 0.6 is 0 Å². The maximum Gasteiger partial charge on any atom is 0.407 e. The Balaban J connectivity index is 0.954. The summed E-state index contributed by atoms with van der Waals surface area (Å²) in [5.74, 6) is 1.38. The fourth-order valence-corrected chi connectivity index (χ4v) is 9.43. The number of nitrogens with zero attached hydrogens (tertiary/aromatic N) is 4. The molecule has 0 spiro atoms. The monoisotopic (exact) mass is 814 g/mol. The van der Waals surface area contributed by atoms with E-state index in [1.165, 1.54) is 14.2 Å². The Hall–Kier alpha value is -6.18. The minimum atomic E-state index is -0.688. The highest BCUT2D eigenvalue weighted by atomic mass is 16.5. The first-order chi connectivity index (χ1) is 28.9. The molecule has 314 valence electrons. The molecule has 5 aromatic rings. The fraction of sp³-hybridized carbons (Fsp3) is 0.435. The third-order valence-electron chi connectivity index (χ3n) is 12.6. The molecule has 4 amide bonds. The second-order valence-corrected chi connectivity index (χ2v) is 17.0. The van der Waals surface area contributed by atoms with E-state index in [1.54, 1.807) is 0 Å². The van der Waals surface area contributed by atoms with E-state index in [0.29, 0.717) is 12.5 Å². The molecular formula is C46H54N8O6. The molecular weight excluding hydrogens is 761 g/mol. The number of H-pyrrole nitrogens is 2. The smallest absolute Gasteiger partial charge is 0.407 e. The second kappa shape index (κ2) is 16.8. The van der Waals surface area contributed by atoms with Crippen LogP contribution in [0.4, 0.5) is 9.59 Å². The molecule has 1 aliphatic carbocycles. The first-order valence-electron chi connectivity index (χ1n) is 21.0. The van der Waals surface area contributed by atoms with Crippen LogP contribution in [-0.2, 0) is 19.1 Å². The van der Waals surface area contributed by atoms with Gasteiger partial charge in [-0.05, 0) is 89.5 Å². The van der Waals surface area contributed by atoms with Crippen molar-refractivity contribution in [1.82, 2.24) is 40.4 Å². The van der Waals surface area contributed by atoms with E-state index in [-0.39, 0.29) is 41.8 Å². The number of carbonyl (C=O) groups excluding carboxylic acids is 4. The molecule has 4 heterocycles. The Morgan fingerprint density at radius 3 is 1.88 bits per heavy atom. The molecule has 0 unspecified atom stereocenters. The maximum absolute atomic E-state index is 13.9. The number of fused-ring (bicyclic) bond motifs is 3. The van der Waals surface area contributed by atoms with Crippen LogP contribution in [0.1, 0.15) is 83.5 Å². The standard InChI is InChI=1S/C46H54N8O6/c1-25(2)38(51-45(57)59-5)43(55)53-19-7-8-37(53)41-47-24-36(49-41)32-16-15-30-20-29(13-14-31(30)21-32)27-9-11-28(12-10-27)35-23-48-42(50-35)40-33-17-18-34(22-33)54(40)44(56)39(26(3)4)52-46(58)60-6/h9-16,20-21,23-26,33-34,37-40H,7-8,17-19,22H2,1-6H3,(H,47,49)(H,48,50)(H,51,57)(H,52,58)/t33-,34-,37+,38+,39+,40+/m1/s1. The molecule has 0 radical (unpaired) electrons. The van der Waals surface area contributed by atoms with Gasteiger partial charge >= 0.3 is 12.2 Å². The fourth-order valence-electron chi connectivity index (χ4n) is 9.43. The molecule has 4 N–H and O–H groups in total. The number of alkyl carbamates (subject to hydrolysis) is 2. The van der Waals surface area contributed by atoms with E-state index in [2.05, 4.69) is 81.3 Å². The Morgan fingerprint density at radius 2 is 1.23 bits per heavy atom. The summed E-state index contributed by atoms with van der Waals surface area (Å²) in [5.41, 5.74) is 5.93. The molecule has 3 aromatic carbocycles. The van der Waals surface area contributed by atoms with Gasteiger partial charge in [0.15, 0.2) is 0 Å². The Labute approximate surface area is 349 Å². The van der Waals surface area contributed by atoms with Gasteiger partial charge in [0.05, 0.1) is 50.1 Å². The molecule has 3 fully saturated rings. The number of hydrogen-bond donors (Lipinski definition) is 4. The Kier molecular flexibility index (Phi) is 11.4. The second-order valence-electron chi connectivity index (χ2n) is 17.0. The van der Waals surface area contributed by atoms with Crippen LogP contribution < -0.4 is 10.6 Å². The molecule has 2 bridgehead atoms. The van der Waals surface area contributed by atoms with Gasteiger partial charge in [0.25, 0.3) is 0 Å². The summed E-state index contributed by atoms with van der Waals surface area (Å²) in [6, 6.07) is 19.6. The lowest BCUT2D eigenvalue weighted by Gasteiger charge is -2.37. The molecule has 14 heteroatoms. The minimum absolute atomic E-state index is 0.0918. The van der Waals surface area contributed by atoms with Crippen LogP contribution in [-0.4, -0.2) is 92.6 Å². The van der Waals surface area contributed by atoms with Crippen LogP contribution in [0.3, 0.4) is 0 Å². The summed E-state index contributed by atoms with van der Waals surface area (Å²) < 4.78 is 9.60. The van der Waals surface area contributed by atoms with Crippen LogP contribution in [0, 0.1) is 17.8 Å². The van der Waals surface area contributed by atoms with Crippen molar-refractivity contribution in [3.8, 4) is 33.6 Å². The minimum Gasteiger partial charge on any atom is -0.453 e. The lowest BCUT2D eigenvalue weighted by Crippen LogP contribution is -2.54. The van der Waals surface area contributed by atoms with Crippen LogP contribution in [0.25, 0.3) is 44.4 Å². The lowest BCUT2D eigenvalue weighted by atomic mass is 9.95. The number of aromatic amines is 2. The molecule has 2 aromatic heterocycles. The molecule has 14 nitrogen and oxygen atoms in total. The molecule has 8 rings (SSSR count). The number of likely N-dealkylation sites (tertiary alicyclic amines) is 2. The number of piperidine rings is 1. The van der Waals surface area contributed by atoms with Gasteiger partial charge in [0, 0.05) is 18.2 Å². The highest BCUT2D eigenvalue weighted by Crippen LogP contribution is 2.50. The average molecular weight is 815 g/mol. The molecule has 60 heavy (non-hydrogen) atoms. The van der Waals surface area contributed by atoms with Gasteiger partial charge in [-0.2, -0.15) is 0 Å². The summed E-state index contributed by atoms with van der Waals surface area (Å²) in [7, 11) is 2.60. The van der Waals surface area contributed by atoms with Gasteiger partial charge in [-0.3, -0.25) is 9.59 Å². The van der Waals surface area contributed by atoms with Crippen molar-refractivity contribution in [3.05, 3.63) is 84.7 Å².